The first-order valence-corrected chi connectivity index (χ1v) is 7.99. The molecule has 0 aliphatic carbocycles. The van der Waals surface area contributed by atoms with E-state index in [2.05, 4.69) is 18.1 Å². The Morgan fingerprint density at radius 1 is 1.41 bits per heavy atom. The molecule has 1 aliphatic heterocycles. The van der Waals surface area contributed by atoms with Gasteiger partial charge in [0.15, 0.2) is 5.76 Å². The maximum atomic E-state index is 12.7. The SMILES string of the molecule is CCc1ccc(C(=O)N2CCC[C@@H]2Cn2nc(C)cc2C)o1. The second kappa shape index (κ2) is 5.99. The zero-order valence-corrected chi connectivity index (χ0v) is 13.5. The molecule has 3 heterocycles. The van der Waals surface area contributed by atoms with Crippen molar-refractivity contribution in [3.05, 3.63) is 41.1 Å². The highest BCUT2D eigenvalue weighted by Crippen LogP contribution is 2.23. The number of amides is 1. The molecule has 3 rings (SSSR count). The third kappa shape index (κ3) is 2.80. The number of likely N-dealkylation sites (tertiary alicyclic amines) is 1. The average Bonchev–Trinajstić information content (AvgIpc) is 3.20. The highest BCUT2D eigenvalue weighted by atomic mass is 16.4. The summed E-state index contributed by atoms with van der Waals surface area (Å²) < 4.78 is 7.62. The number of hydrogen-bond donors (Lipinski definition) is 0. The normalized spacial score (nSPS) is 18.1. The van der Waals surface area contributed by atoms with Gasteiger partial charge in [0, 0.05) is 18.7 Å². The third-order valence-electron chi connectivity index (χ3n) is 4.35. The quantitative estimate of drug-likeness (QED) is 0.872. The summed E-state index contributed by atoms with van der Waals surface area (Å²) in [7, 11) is 0. The Labute approximate surface area is 130 Å². The van der Waals surface area contributed by atoms with E-state index in [0.717, 1.165) is 49.5 Å². The summed E-state index contributed by atoms with van der Waals surface area (Å²) in [6.07, 6.45) is 2.87. The first-order valence-electron chi connectivity index (χ1n) is 7.99. The highest BCUT2D eigenvalue weighted by molar-refractivity contribution is 5.92. The van der Waals surface area contributed by atoms with Crippen LogP contribution in [-0.4, -0.2) is 33.2 Å². The van der Waals surface area contributed by atoms with Crippen LogP contribution in [0.4, 0.5) is 0 Å². The molecule has 1 amide bonds. The molecule has 2 aromatic heterocycles. The fourth-order valence-corrected chi connectivity index (χ4v) is 3.18. The van der Waals surface area contributed by atoms with Gasteiger partial charge in [-0.2, -0.15) is 5.10 Å². The Morgan fingerprint density at radius 2 is 2.23 bits per heavy atom. The largest absolute Gasteiger partial charge is 0.456 e. The lowest BCUT2D eigenvalue weighted by atomic mass is 10.2. The molecule has 0 unspecified atom stereocenters. The molecule has 2 aromatic rings. The van der Waals surface area contributed by atoms with E-state index in [4.69, 9.17) is 4.42 Å². The zero-order chi connectivity index (χ0) is 15.7. The fourth-order valence-electron chi connectivity index (χ4n) is 3.18. The van der Waals surface area contributed by atoms with Gasteiger partial charge in [-0.1, -0.05) is 6.92 Å². The lowest BCUT2D eigenvalue weighted by molar-refractivity contribution is 0.0687. The Balaban J connectivity index is 1.75. The van der Waals surface area contributed by atoms with Gasteiger partial charge in [0.1, 0.15) is 5.76 Å². The second-order valence-electron chi connectivity index (χ2n) is 6.02. The molecule has 0 N–H and O–H groups in total. The molecule has 0 spiro atoms. The summed E-state index contributed by atoms with van der Waals surface area (Å²) >= 11 is 0. The van der Waals surface area contributed by atoms with Gasteiger partial charge in [0.2, 0.25) is 0 Å². The number of furan rings is 1. The Hall–Kier alpha value is -2.04. The summed E-state index contributed by atoms with van der Waals surface area (Å²) in [6.45, 7) is 7.63. The second-order valence-corrected chi connectivity index (χ2v) is 6.02. The minimum Gasteiger partial charge on any atom is -0.456 e. The molecule has 22 heavy (non-hydrogen) atoms. The smallest absolute Gasteiger partial charge is 0.289 e. The van der Waals surface area contributed by atoms with Crippen molar-refractivity contribution in [1.82, 2.24) is 14.7 Å². The number of aryl methyl sites for hydroxylation is 3. The highest BCUT2D eigenvalue weighted by Gasteiger charge is 2.31. The van der Waals surface area contributed by atoms with Crippen molar-refractivity contribution in [3.8, 4) is 0 Å². The van der Waals surface area contributed by atoms with E-state index < -0.39 is 0 Å². The van der Waals surface area contributed by atoms with Crippen LogP contribution in [0, 0.1) is 13.8 Å². The summed E-state index contributed by atoms with van der Waals surface area (Å²) in [5.74, 6) is 1.32. The van der Waals surface area contributed by atoms with Crippen LogP contribution in [0.5, 0.6) is 0 Å². The molecule has 5 nitrogen and oxygen atoms in total. The van der Waals surface area contributed by atoms with Gasteiger partial charge in [-0.25, -0.2) is 0 Å². The van der Waals surface area contributed by atoms with Gasteiger partial charge >= 0.3 is 0 Å². The van der Waals surface area contributed by atoms with Crippen molar-refractivity contribution in [2.45, 2.75) is 52.6 Å². The maximum Gasteiger partial charge on any atom is 0.289 e. The summed E-state index contributed by atoms with van der Waals surface area (Å²) in [5.41, 5.74) is 2.16. The molecule has 1 aliphatic rings. The van der Waals surface area contributed by atoms with Gasteiger partial charge in [0.25, 0.3) is 5.91 Å². The van der Waals surface area contributed by atoms with Gasteiger partial charge in [-0.05, 0) is 44.9 Å². The molecular weight excluding hydrogens is 278 g/mol. The first kappa shape index (κ1) is 14.9. The molecule has 1 saturated heterocycles. The van der Waals surface area contributed by atoms with Crippen molar-refractivity contribution in [1.29, 1.82) is 0 Å². The van der Waals surface area contributed by atoms with E-state index in [1.165, 1.54) is 0 Å². The van der Waals surface area contributed by atoms with Crippen molar-refractivity contribution in [2.75, 3.05) is 6.54 Å². The van der Waals surface area contributed by atoms with Crippen LogP contribution < -0.4 is 0 Å². The molecule has 1 atom stereocenters. The van der Waals surface area contributed by atoms with Gasteiger partial charge in [0.05, 0.1) is 18.3 Å². The Kier molecular flexibility index (Phi) is 4.05. The first-order chi connectivity index (χ1) is 10.6. The van der Waals surface area contributed by atoms with Crippen molar-refractivity contribution < 1.29 is 9.21 Å². The Morgan fingerprint density at radius 3 is 2.86 bits per heavy atom. The third-order valence-corrected chi connectivity index (χ3v) is 4.35. The topological polar surface area (TPSA) is 51.3 Å². The van der Waals surface area contributed by atoms with Crippen molar-refractivity contribution in [2.24, 2.45) is 0 Å². The number of carbonyl (C=O) groups excluding carboxylic acids is 1. The molecule has 0 bridgehead atoms. The van der Waals surface area contributed by atoms with Gasteiger partial charge < -0.3 is 9.32 Å². The van der Waals surface area contributed by atoms with Crippen LogP contribution in [0.15, 0.2) is 22.6 Å². The molecular formula is C17H23N3O2. The summed E-state index contributed by atoms with van der Waals surface area (Å²) in [6, 6.07) is 5.95. The number of nitrogens with zero attached hydrogens (tertiary/aromatic N) is 3. The molecule has 1 fully saturated rings. The van der Waals surface area contributed by atoms with Crippen LogP contribution in [-0.2, 0) is 13.0 Å². The minimum absolute atomic E-state index is 0.00345. The maximum absolute atomic E-state index is 12.7. The molecule has 0 saturated carbocycles. The predicted octanol–water partition coefficient (Wildman–Crippen LogP) is 2.96. The number of hydrogen-bond acceptors (Lipinski definition) is 3. The number of carbonyl (C=O) groups is 1. The number of rotatable bonds is 4. The van der Waals surface area contributed by atoms with Crippen LogP contribution in [0.25, 0.3) is 0 Å². The molecule has 118 valence electrons. The van der Waals surface area contributed by atoms with Crippen LogP contribution in [0.3, 0.4) is 0 Å². The average molecular weight is 301 g/mol. The summed E-state index contributed by atoms with van der Waals surface area (Å²) in [5, 5.41) is 4.51. The van der Waals surface area contributed by atoms with E-state index in [0.29, 0.717) is 5.76 Å². The minimum atomic E-state index is 0.00345. The van der Waals surface area contributed by atoms with E-state index in [-0.39, 0.29) is 11.9 Å². The molecule has 5 heteroatoms. The van der Waals surface area contributed by atoms with Gasteiger partial charge in [-0.3, -0.25) is 9.48 Å². The number of aromatic nitrogens is 2. The molecule has 0 radical (unpaired) electrons. The standard InChI is InChI=1S/C17H23N3O2/c1-4-15-7-8-16(22-15)17(21)19-9-5-6-14(19)11-20-13(3)10-12(2)18-20/h7-8,10,14H,4-6,9,11H2,1-3H3/t14-/m1/s1. The van der Waals surface area contributed by atoms with Crippen molar-refractivity contribution in [3.63, 3.8) is 0 Å². The lowest BCUT2D eigenvalue weighted by Gasteiger charge is -2.24. The van der Waals surface area contributed by atoms with Crippen molar-refractivity contribution >= 4 is 5.91 Å². The van der Waals surface area contributed by atoms with E-state index in [9.17, 15) is 4.79 Å². The predicted molar refractivity (Wildman–Crippen MR) is 83.8 cm³/mol. The fraction of sp³-hybridized carbons (Fsp3) is 0.529. The monoisotopic (exact) mass is 301 g/mol. The van der Waals surface area contributed by atoms with E-state index in [1.807, 2.05) is 29.5 Å². The van der Waals surface area contributed by atoms with Crippen LogP contribution in [0.2, 0.25) is 0 Å². The van der Waals surface area contributed by atoms with Crippen LogP contribution >= 0.6 is 0 Å². The zero-order valence-electron chi connectivity index (χ0n) is 13.5. The van der Waals surface area contributed by atoms with E-state index in [1.54, 1.807) is 6.07 Å². The van der Waals surface area contributed by atoms with Crippen LogP contribution in [0.1, 0.15) is 47.5 Å². The van der Waals surface area contributed by atoms with E-state index >= 15 is 0 Å². The van der Waals surface area contributed by atoms with Gasteiger partial charge in [-0.15, -0.1) is 0 Å². The molecule has 0 aromatic carbocycles. The lowest BCUT2D eigenvalue weighted by Crippen LogP contribution is -2.38. The Bertz CT molecular complexity index is 671. The summed E-state index contributed by atoms with van der Waals surface area (Å²) in [4.78, 5) is 14.6.